The van der Waals surface area contributed by atoms with E-state index in [-0.39, 0.29) is 52.0 Å². The Kier molecular flexibility index (Phi) is 4.20. The van der Waals surface area contributed by atoms with Crippen molar-refractivity contribution < 1.29 is 18.3 Å². The van der Waals surface area contributed by atoms with Crippen molar-refractivity contribution in [2.24, 2.45) is 0 Å². The molecule has 2 atom stereocenters. The number of rotatable bonds is 5. The molecular weight excluding hydrogens is 392 g/mol. The van der Waals surface area contributed by atoms with Gasteiger partial charge in [0.25, 0.3) is 0 Å². The van der Waals surface area contributed by atoms with Crippen LogP contribution in [-0.2, 0) is 0 Å². The highest BCUT2D eigenvalue weighted by Crippen LogP contribution is 2.41. The van der Waals surface area contributed by atoms with Crippen molar-refractivity contribution in [3.05, 3.63) is 11.0 Å². The van der Waals surface area contributed by atoms with E-state index in [9.17, 15) is 8.78 Å². The molecule has 3 fully saturated rings. The number of hydrogen-bond donors (Lipinski definition) is 1. The van der Waals surface area contributed by atoms with Gasteiger partial charge in [-0.3, -0.25) is 4.90 Å². The molecule has 0 amide bonds. The van der Waals surface area contributed by atoms with Crippen molar-refractivity contribution in [1.29, 1.82) is 0 Å². The van der Waals surface area contributed by atoms with Crippen molar-refractivity contribution in [3.63, 3.8) is 0 Å². The van der Waals surface area contributed by atoms with Crippen LogP contribution in [0.15, 0.2) is 0 Å². The van der Waals surface area contributed by atoms with Gasteiger partial charge in [0.1, 0.15) is 35.6 Å². The summed E-state index contributed by atoms with van der Waals surface area (Å²) in [6, 6.07) is -0.0629. The second kappa shape index (κ2) is 6.52. The van der Waals surface area contributed by atoms with Crippen LogP contribution in [0.25, 0.3) is 10.9 Å². The van der Waals surface area contributed by atoms with Crippen LogP contribution in [0.5, 0.6) is 11.9 Å². The number of halogens is 3. The van der Waals surface area contributed by atoms with E-state index in [0.717, 1.165) is 32.2 Å². The third kappa shape index (κ3) is 3.00. The van der Waals surface area contributed by atoms with Gasteiger partial charge in [-0.25, -0.2) is 8.78 Å². The lowest BCUT2D eigenvalue weighted by molar-refractivity contribution is 0.107. The lowest BCUT2D eigenvalue weighted by Gasteiger charge is -2.30. The summed E-state index contributed by atoms with van der Waals surface area (Å²) in [5, 5.41) is -0.157. The monoisotopic (exact) mass is 411 g/mol. The Morgan fingerprint density at radius 1 is 1.29 bits per heavy atom. The molecule has 2 aromatic rings. The summed E-state index contributed by atoms with van der Waals surface area (Å²) in [7, 11) is 0. The van der Waals surface area contributed by atoms with E-state index in [2.05, 4.69) is 19.9 Å². The summed E-state index contributed by atoms with van der Waals surface area (Å²) >= 11 is 5.91. The molecular formula is C18H20ClF2N5O2. The highest BCUT2D eigenvalue weighted by molar-refractivity contribution is 6.30. The van der Waals surface area contributed by atoms with Crippen LogP contribution < -0.4 is 15.2 Å². The van der Waals surface area contributed by atoms with Crippen LogP contribution in [0, 0.1) is 5.82 Å². The van der Waals surface area contributed by atoms with Crippen molar-refractivity contribution in [2.75, 3.05) is 25.4 Å². The normalized spacial score (nSPS) is 27.3. The molecule has 10 heteroatoms. The number of hydrogen-bond acceptors (Lipinski definition) is 7. The van der Waals surface area contributed by atoms with Gasteiger partial charge in [0.15, 0.2) is 11.0 Å². The minimum absolute atomic E-state index is 0.00860. The largest absolute Gasteiger partial charge is 0.474 e. The van der Waals surface area contributed by atoms with E-state index in [1.165, 1.54) is 0 Å². The Morgan fingerprint density at radius 2 is 2.11 bits per heavy atom. The van der Waals surface area contributed by atoms with E-state index in [0.29, 0.717) is 13.0 Å². The van der Waals surface area contributed by atoms with Gasteiger partial charge in [-0.15, -0.1) is 0 Å². The van der Waals surface area contributed by atoms with Crippen molar-refractivity contribution >= 4 is 28.3 Å². The standard InChI is InChI=1S/C18H20ClF2N5O2/c19-14-12(21)13-11(16(24-14)28-10-2-3-10)15(22)25-17(23-13)27-8-18-4-1-5-26(18)7-9(20)6-18/h9-10H,1-8H2,(H2,22,23,25)/t9-,18+/m1/s1. The number of fused-ring (bicyclic) bond motifs is 2. The second-order valence-corrected chi connectivity index (χ2v) is 8.18. The minimum atomic E-state index is -0.865. The van der Waals surface area contributed by atoms with Gasteiger partial charge < -0.3 is 15.2 Å². The molecule has 0 aromatic carbocycles. The Balaban J connectivity index is 1.46. The fraction of sp³-hybridized carbons (Fsp3) is 0.611. The molecule has 3 aliphatic rings. The summed E-state index contributed by atoms with van der Waals surface area (Å²) in [4.78, 5) is 14.4. The Hall–Kier alpha value is -2.00. The molecule has 0 radical (unpaired) electrons. The molecule has 1 aliphatic carbocycles. The average molecular weight is 412 g/mol. The molecule has 2 N–H and O–H groups in total. The van der Waals surface area contributed by atoms with Crippen molar-refractivity contribution in [1.82, 2.24) is 19.9 Å². The summed E-state index contributed by atoms with van der Waals surface area (Å²) in [6.07, 6.45) is 3.21. The first-order valence-electron chi connectivity index (χ1n) is 9.46. The Labute approximate surface area is 165 Å². The highest BCUT2D eigenvalue weighted by atomic mass is 35.5. The first kappa shape index (κ1) is 18.1. The number of ether oxygens (including phenoxy) is 2. The first-order valence-corrected chi connectivity index (χ1v) is 9.84. The van der Waals surface area contributed by atoms with E-state index >= 15 is 0 Å². The maximum atomic E-state index is 14.6. The molecule has 2 aliphatic heterocycles. The van der Waals surface area contributed by atoms with E-state index in [4.69, 9.17) is 26.8 Å². The van der Waals surface area contributed by atoms with Gasteiger partial charge in [0, 0.05) is 13.0 Å². The molecule has 5 rings (SSSR count). The predicted molar refractivity (Wildman–Crippen MR) is 98.9 cm³/mol. The van der Waals surface area contributed by atoms with Gasteiger partial charge >= 0.3 is 6.01 Å². The molecule has 0 spiro atoms. The summed E-state index contributed by atoms with van der Waals surface area (Å²) in [6.45, 7) is 1.49. The van der Waals surface area contributed by atoms with Gasteiger partial charge in [-0.05, 0) is 32.2 Å². The lowest BCUT2D eigenvalue weighted by Crippen LogP contribution is -2.43. The van der Waals surface area contributed by atoms with Crippen LogP contribution in [0.3, 0.4) is 0 Å². The number of aromatic nitrogens is 3. The van der Waals surface area contributed by atoms with Gasteiger partial charge in [0.05, 0.1) is 5.54 Å². The molecule has 4 heterocycles. The topological polar surface area (TPSA) is 86.4 Å². The Bertz CT molecular complexity index is 944. The fourth-order valence-electron chi connectivity index (χ4n) is 4.26. The molecule has 28 heavy (non-hydrogen) atoms. The lowest BCUT2D eigenvalue weighted by atomic mass is 9.95. The fourth-order valence-corrected chi connectivity index (χ4v) is 4.43. The number of nitrogens with two attached hydrogens (primary N) is 1. The van der Waals surface area contributed by atoms with Crippen LogP contribution in [0.2, 0.25) is 5.15 Å². The van der Waals surface area contributed by atoms with Crippen LogP contribution in [0.4, 0.5) is 14.6 Å². The zero-order chi connectivity index (χ0) is 19.5. The second-order valence-electron chi connectivity index (χ2n) is 7.82. The minimum Gasteiger partial charge on any atom is -0.474 e. The number of alkyl halides is 1. The maximum absolute atomic E-state index is 14.6. The molecule has 7 nitrogen and oxygen atoms in total. The number of nitrogen functional groups attached to an aromatic ring is 1. The molecule has 2 saturated heterocycles. The molecule has 0 unspecified atom stereocenters. The molecule has 0 bridgehead atoms. The van der Waals surface area contributed by atoms with E-state index in [1.54, 1.807) is 0 Å². The van der Waals surface area contributed by atoms with Crippen molar-refractivity contribution in [3.8, 4) is 11.9 Å². The molecule has 1 saturated carbocycles. The maximum Gasteiger partial charge on any atom is 0.319 e. The number of anilines is 1. The SMILES string of the molecule is Nc1nc(OC[C@@]23CCCN2C[C@H](F)C3)nc2c(F)c(Cl)nc(OC3CC3)c12. The quantitative estimate of drug-likeness (QED) is 0.757. The zero-order valence-electron chi connectivity index (χ0n) is 15.1. The van der Waals surface area contributed by atoms with E-state index < -0.39 is 12.0 Å². The summed E-state index contributed by atoms with van der Waals surface area (Å²) < 4.78 is 40.0. The van der Waals surface area contributed by atoms with Crippen molar-refractivity contribution in [2.45, 2.75) is 49.9 Å². The predicted octanol–water partition coefficient (Wildman–Crippen LogP) is 2.90. The first-order chi connectivity index (χ1) is 13.4. The van der Waals surface area contributed by atoms with Gasteiger partial charge in [-0.1, -0.05) is 11.6 Å². The third-order valence-electron chi connectivity index (χ3n) is 5.75. The number of nitrogens with zero attached hydrogens (tertiary/aromatic N) is 4. The number of pyridine rings is 1. The van der Waals surface area contributed by atoms with E-state index in [1.807, 2.05) is 0 Å². The highest BCUT2D eigenvalue weighted by Gasteiger charge is 2.49. The van der Waals surface area contributed by atoms with Crippen LogP contribution in [0.1, 0.15) is 32.1 Å². The smallest absolute Gasteiger partial charge is 0.319 e. The average Bonchev–Trinajstić information content (AvgIpc) is 3.29. The summed E-state index contributed by atoms with van der Waals surface area (Å²) in [5.74, 6) is -0.664. The Morgan fingerprint density at radius 3 is 2.89 bits per heavy atom. The van der Waals surface area contributed by atoms with Gasteiger partial charge in [-0.2, -0.15) is 15.0 Å². The molecule has 150 valence electrons. The summed E-state index contributed by atoms with van der Waals surface area (Å²) in [5.41, 5.74) is 5.60. The zero-order valence-corrected chi connectivity index (χ0v) is 15.9. The third-order valence-corrected chi connectivity index (χ3v) is 6.00. The molecule has 2 aromatic heterocycles. The van der Waals surface area contributed by atoms with Gasteiger partial charge in [0.2, 0.25) is 5.88 Å². The van der Waals surface area contributed by atoms with Crippen LogP contribution in [-0.4, -0.2) is 57.4 Å². The van der Waals surface area contributed by atoms with Crippen LogP contribution >= 0.6 is 11.6 Å².